The first-order valence-corrected chi connectivity index (χ1v) is 7.46. The van der Waals surface area contributed by atoms with Crippen molar-refractivity contribution in [3.8, 4) is 0 Å². The van der Waals surface area contributed by atoms with Gasteiger partial charge in [-0.25, -0.2) is 0 Å². The highest BCUT2D eigenvalue weighted by Gasteiger charge is 2.43. The van der Waals surface area contributed by atoms with Gasteiger partial charge in [0.2, 0.25) is 0 Å². The predicted octanol–water partition coefficient (Wildman–Crippen LogP) is 3.17. The van der Waals surface area contributed by atoms with Crippen LogP contribution < -0.4 is 0 Å². The zero-order valence-corrected chi connectivity index (χ0v) is 12.0. The second kappa shape index (κ2) is 5.85. The highest BCUT2D eigenvalue weighted by Crippen LogP contribution is 2.35. The van der Waals surface area contributed by atoms with Crippen LogP contribution in [0.1, 0.15) is 42.3 Å². The van der Waals surface area contributed by atoms with Gasteiger partial charge in [-0.3, -0.25) is 4.79 Å². The molecule has 2 rings (SSSR count). The molecule has 2 heterocycles. The first-order chi connectivity index (χ1) is 8.73. The van der Waals surface area contributed by atoms with E-state index in [0.29, 0.717) is 6.61 Å². The molecule has 0 radical (unpaired) electrons. The molecule has 3 nitrogen and oxygen atoms in total. The Morgan fingerprint density at radius 3 is 3.06 bits per heavy atom. The molecule has 1 aromatic rings. The number of methoxy groups -OCH3 is 1. The fourth-order valence-electron chi connectivity index (χ4n) is 3.00. The Bertz CT molecular complexity index is 383. The lowest BCUT2D eigenvalue weighted by atomic mass is 9.91. The number of nitrogens with zero attached hydrogens (tertiary/aromatic N) is 1. The Morgan fingerprint density at radius 2 is 2.44 bits per heavy atom. The average Bonchev–Trinajstić information content (AvgIpc) is 2.98. The molecule has 4 heteroatoms. The normalized spacial score (nSPS) is 23.6. The third-order valence-electron chi connectivity index (χ3n) is 3.70. The van der Waals surface area contributed by atoms with Crippen LogP contribution in [-0.4, -0.2) is 36.6 Å². The minimum atomic E-state index is -0.0788. The number of rotatable bonds is 5. The van der Waals surface area contributed by atoms with E-state index >= 15 is 0 Å². The first-order valence-electron chi connectivity index (χ1n) is 6.58. The zero-order valence-electron chi connectivity index (χ0n) is 11.1. The number of carbonyl (C=O) groups excluding carboxylic acids is 1. The molecule has 1 saturated heterocycles. The molecule has 18 heavy (non-hydrogen) atoms. The summed E-state index contributed by atoms with van der Waals surface area (Å²) >= 11 is 1.52. The Balaban J connectivity index is 2.21. The van der Waals surface area contributed by atoms with Crippen LogP contribution >= 0.6 is 11.3 Å². The molecule has 0 unspecified atom stereocenters. The predicted molar refractivity (Wildman–Crippen MR) is 74.1 cm³/mol. The molecule has 0 spiro atoms. The van der Waals surface area contributed by atoms with E-state index in [2.05, 4.69) is 6.92 Å². The highest BCUT2D eigenvalue weighted by atomic mass is 32.1. The van der Waals surface area contributed by atoms with Gasteiger partial charge in [0.25, 0.3) is 5.91 Å². The van der Waals surface area contributed by atoms with Crippen LogP contribution in [-0.2, 0) is 4.74 Å². The Hall–Kier alpha value is -0.870. The maximum Gasteiger partial charge on any atom is 0.264 e. The number of hydrogen-bond acceptors (Lipinski definition) is 3. The minimum absolute atomic E-state index is 0.0788. The molecule has 0 N–H and O–H groups in total. The molecule has 0 bridgehead atoms. The standard InChI is InChI=1S/C14H21NO2S/c1-3-7-14(11-17-2)8-5-9-15(14)13(16)12-6-4-10-18-12/h4,6,10H,3,5,7-9,11H2,1-2H3/t14-/m0/s1. The van der Waals surface area contributed by atoms with E-state index in [9.17, 15) is 4.79 Å². The molecule has 1 aliphatic rings. The van der Waals surface area contributed by atoms with E-state index in [-0.39, 0.29) is 11.4 Å². The van der Waals surface area contributed by atoms with Gasteiger partial charge < -0.3 is 9.64 Å². The summed E-state index contributed by atoms with van der Waals surface area (Å²) in [5, 5.41) is 1.96. The van der Waals surface area contributed by atoms with E-state index < -0.39 is 0 Å². The lowest BCUT2D eigenvalue weighted by molar-refractivity contribution is 0.0258. The number of likely N-dealkylation sites (tertiary alicyclic amines) is 1. The molecule has 1 amide bonds. The molecule has 1 atom stereocenters. The summed E-state index contributed by atoms with van der Waals surface area (Å²) in [6.07, 6.45) is 4.25. The molecule has 0 aromatic carbocycles. The molecular weight excluding hydrogens is 246 g/mol. The van der Waals surface area contributed by atoms with Crippen molar-refractivity contribution < 1.29 is 9.53 Å². The van der Waals surface area contributed by atoms with Crippen LogP contribution in [0.3, 0.4) is 0 Å². The maximum absolute atomic E-state index is 12.6. The monoisotopic (exact) mass is 267 g/mol. The summed E-state index contributed by atoms with van der Waals surface area (Å²) in [4.78, 5) is 15.4. The van der Waals surface area contributed by atoms with Gasteiger partial charge in [0.05, 0.1) is 17.0 Å². The van der Waals surface area contributed by atoms with E-state index in [1.54, 1.807) is 7.11 Å². The van der Waals surface area contributed by atoms with Crippen molar-refractivity contribution in [3.05, 3.63) is 22.4 Å². The van der Waals surface area contributed by atoms with E-state index in [1.165, 1.54) is 11.3 Å². The van der Waals surface area contributed by atoms with Gasteiger partial charge in [0.15, 0.2) is 0 Å². The van der Waals surface area contributed by atoms with Gasteiger partial charge in [0, 0.05) is 13.7 Å². The van der Waals surface area contributed by atoms with Crippen LogP contribution in [0.4, 0.5) is 0 Å². The van der Waals surface area contributed by atoms with Crippen molar-refractivity contribution in [2.24, 2.45) is 0 Å². The Kier molecular flexibility index (Phi) is 4.40. The number of carbonyl (C=O) groups is 1. The topological polar surface area (TPSA) is 29.5 Å². The third-order valence-corrected chi connectivity index (χ3v) is 4.56. The second-order valence-corrected chi connectivity index (χ2v) is 5.89. The van der Waals surface area contributed by atoms with Gasteiger partial charge in [-0.2, -0.15) is 0 Å². The summed E-state index contributed by atoms with van der Waals surface area (Å²) in [6.45, 7) is 3.68. The van der Waals surface area contributed by atoms with Crippen LogP contribution in [0.15, 0.2) is 17.5 Å². The van der Waals surface area contributed by atoms with Gasteiger partial charge in [-0.15, -0.1) is 11.3 Å². The van der Waals surface area contributed by atoms with E-state index in [1.807, 2.05) is 22.4 Å². The van der Waals surface area contributed by atoms with Crippen molar-refractivity contribution in [1.29, 1.82) is 0 Å². The fourth-order valence-corrected chi connectivity index (χ4v) is 3.68. The van der Waals surface area contributed by atoms with Crippen molar-refractivity contribution >= 4 is 17.2 Å². The molecular formula is C14H21NO2S. The van der Waals surface area contributed by atoms with Gasteiger partial charge in [0.1, 0.15) is 0 Å². The lowest BCUT2D eigenvalue weighted by Crippen LogP contribution is -2.50. The number of hydrogen-bond donors (Lipinski definition) is 0. The summed E-state index contributed by atoms with van der Waals surface area (Å²) in [7, 11) is 1.73. The molecule has 100 valence electrons. The van der Waals surface area contributed by atoms with E-state index in [0.717, 1.165) is 37.1 Å². The smallest absolute Gasteiger partial charge is 0.264 e. The maximum atomic E-state index is 12.6. The largest absolute Gasteiger partial charge is 0.382 e. The van der Waals surface area contributed by atoms with Crippen LogP contribution in [0.2, 0.25) is 0 Å². The molecule has 1 aromatic heterocycles. The molecule has 0 aliphatic carbocycles. The van der Waals surface area contributed by atoms with Crippen LogP contribution in [0, 0.1) is 0 Å². The average molecular weight is 267 g/mol. The molecule has 1 fully saturated rings. The summed E-state index contributed by atoms with van der Waals surface area (Å²) < 4.78 is 5.39. The van der Waals surface area contributed by atoms with E-state index in [4.69, 9.17) is 4.74 Å². The Morgan fingerprint density at radius 1 is 1.61 bits per heavy atom. The number of ether oxygens (including phenoxy) is 1. The Labute approximate surface area is 113 Å². The number of amides is 1. The summed E-state index contributed by atoms with van der Waals surface area (Å²) in [5.41, 5.74) is -0.0788. The van der Waals surface area contributed by atoms with Crippen LogP contribution in [0.25, 0.3) is 0 Å². The second-order valence-electron chi connectivity index (χ2n) is 4.94. The highest BCUT2D eigenvalue weighted by molar-refractivity contribution is 7.12. The third kappa shape index (κ3) is 2.45. The molecule has 1 aliphatic heterocycles. The first kappa shape index (κ1) is 13.6. The van der Waals surface area contributed by atoms with Crippen molar-refractivity contribution in [2.75, 3.05) is 20.3 Å². The lowest BCUT2D eigenvalue weighted by Gasteiger charge is -2.38. The molecule has 0 saturated carbocycles. The quantitative estimate of drug-likeness (QED) is 0.820. The van der Waals surface area contributed by atoms with Crippen LogP contribution in [0.5, 0.6) is 0 Å². The van der Waals surface area contributed by atoms with Gasteiger partial charge in [-0.05, 0) is 30.7 Å². The minimum Gasteiger partial charge on any atom is -0.382 e. The van der Waals surface area contributed by atoms with Crippen molar-refractivity contribution in [2.45, 2.75) is 38.1 Å². The SMILES string of the molecule is CCC[C@@]1(COC)CCCN1C(=O)c1cccs1. The summed E-state index contributed by atoms with van der Waals surface area (Å²) in [6, 6.07) is 3.85. The van der Waals surface area contributed by atoms with Gasteiger partial charge >= 0.3 is 0 Å². The zero-order chi connectivity index (χ0) is 13.0. The number of thiophene rings is 1. The van der Waals surface area contributed by atoms with Gasteiger partial charge in [-0.1, -0.05) is 19.4 Å². The summed E-state index contributed by atoms with van der Waals surface area (Å²) in [5.74, 6) is 0.174. The fraction of sp³-hybridized carbons (Fsp3) is 0.643. The van der Waals surface area contributed by atoms with Crippen molar-refractivity contribution in [3.63, 3.8) is 0 Å². The van der Waals surface area contributed by atoms with Crippen molar-refractivity contribution in [1.82, 2.24) is 4.90 Å².